The van der Waals surface area contributed by atoms with E-state index in [4.69, 9.17) is 0 Å². The third kappa shape index (κ3) is 4.50. The second kappa shape index (κ2) is 8.15. The van der Waals surface area contributed by atoms with Gasteiger partial charge in [0.2, 0.25) is 0 Å². The molecule has 1 aliphatic rings. The number of hydrogen-bond donors (Lipinski definition) is 0. The third-order valence-electron chi connectivity index (χ3n) is 4.60. The zero-order valence-electron chi connectivity index (χ0n) is 13.8. The van der Waals surface area contributed by atoms with Crippen LogP contribution in [-0.2, 0) is 17.2 Å². The lowest BCUT2D eigenvalue weighted by Crippen LogP contribution is -2.38. The lowest BCUT2D eigenvalue weighted by molar-refractivity contribution is 0.233. The van der Waals surface area contributed by atoms with E-state index in [9.17, 15) is 17.4 Å². The van der Waals surface area contributed by atoms with Crippen molar-refractivity contribution in [2.24, 2.45) is 0 Å². The molecule has 1 fully saturated rings. The average Bonchev–Trinajstić information content (AvgIpc) is 2.61. The summed E-state index contributed by atoms with van der Waals surface area (Å²) in [6, 6.07) is 9.84. The van der Waals surface area contributed by atoms with Crippen LogP contribution >= 0.6 is 0 Å². The highest BCUT2D eigenvalue weighted by Gasteiger charge is 2.26. The Kier molecular flexibility index (Phi) is 5.91. The highest BCUT2D eigenvalue weighted by molar-refractivity contribution is 7.85. The number of hydrogen-bond acceptors (Lipinski definition) is 2. The Balaban J connectivity index is 1.52. The van der Waals surface area contributed by atoms with Crippen molar-refractivity contribution in [2.75, 3.05) is 19.6 Å². The lowest BCUT2D eigenvalue weighted by Gasteiger charge is -2.31. The van der Waals surface area contributed by atoms with Gasteiger partial charge in [-0.15, -0.1) is 0 Å². The molecule has 25 heavy (non-hydrogen) atoms. The van der Waals surface area contributed by atoms with E-state index in [0.29, 0.717) is 31.4 Å². The van der Waals surface area contributed by atoms with Crippen molar-refractivity contribution < 1.29 is 17.4 Å². The summed E-state index contributed by atoms with van der Waals surface area (Å²) in [7, 11) is -1.35. The summed E-state index contributed by atoms with van der Waals surface area (Å²) < 4.78 is 52.9. The van der Waals surface area contributed by atoms with Crippen LogP contribution < -0.4 is 0 Å². The van der Waals surface area contributed by atoms with Gasteiger partial charge in [-0.25, -0.2) is 13.2 Å². The van der Waals surface area contributed by atoms with E-state index in [1.165, 1.54) is 18.2 Å². The number of likely N-dealkylation sites (tertiary alicyclic amines) is 1. The molecule has 0 N–H and O–H groups in total. The molecule has 0 aromatic heterocycles. The predicted octanol–water partition coefficient (Wildman–Crippen LogP) is 3.92. The molecule has 1 heterocycles. The topological polar surface area (TPSA) is 20.3 Å². The number of halogens is 3. The minimum atomic E-state index is -1.35. The Labute approximate surface area is 148 Å². The largest absolute Gasteiger partial charge is 0.303 e. The van der Waals surface area contributed by atoms with Gasteiger partial charge < -0.3 is 4.90 Å². The number of benzene rings is 2. The first-order valence-corrected chi connectivity index (χ1v) is 9.57. The molecule has 1 unspecified atom stereocenters. The summed E-state index contributed by atoms with van der Waals surface area (Å²) in [5, 5.41) is -0.0595. The predicted molar refractivity (Wildman–Crippen MR) is 92.3 cm³/mol. The molecule has 6 heteroatoms. The molecule has 134 valence electrons. The van der Waals surface area contributed by atoms with Crippen molar-refractivity contribution in [3.05, 3.63) is 65.5 Å². The fraction of sp³-hybridized carbons (Fsp3) is 0.368. The van der Waals surface area contributed by atoms with Gasteiger partial charge in [-0.3, -0.25) is 4.21 Å². The summed E-state index contributed by atoms with van der Waals surface area (Å²) in [4.78, 5) is 2.45. The standard InChI is InChI=1S/C19H20F3NOS/c20-15-6-5-14(18(22)13-15)7-10-23-11-8-16(9-12-23)25(24)19-4-2-1-3-17(19)21/h1-6,13,16H,7-12H2. The van der Waals surface area contributed by atoms with E-state index in [-0.39, 0.29) is 10.1 Å². The maximum atomic E-state index is 13.8. The van der Waals surface area contributed by atoms with E-state index >= 15 is 0 Å². The average molecular weight is 367 g/mol. The Morgan fingerprint density at radius 2 is 1.72 bits per heavy atom. The Hall–Kier alpha value is -1.66. The first-order chi connectivity index (χ1) is 12.0. The second-order valence-corrected chi connectivity index (χ2v) is 7.96. The van der Waals surface area contributed by atoms with Crippen molar-refractivity contribution in [2.45, 2.75) is 29.4 Å². The molecule has 2 nitrogen and oxygen atoms in total. The van der Waals surface area contributed by atoms with Crippen LogP contribution in [0.5, 0.6) is 0 Å². The molecular formula is C19H20F3NOS. The van der Waals surface area contributed by atoms with Gasteiger partial charge in [-0.05, 0) is 56.1 Å². The van der Waals surface area contributed by atoms with Gasteiger partial charge in [0.25, 0.3) is 0 Å². The van der Waals surface area contributed by atoms with Gasteiger partial charge in [-0.1, -0.05) is 18.2 Å². The van der Waals surface area contributed by atoms with Crippen molar-refractivity contribution in [1.82, 2.24) is 4.90 Å². The van der Waals surface area contributed by atoms with Crippen molar-refractivity contribution in [3.8, 4) is 0 Å². The Morgan fingerprint density at radius 1 is 1.00 bits per heavy atom. The van der Waals surface area contributed by atoms with Crippen LogP contribution in [0.3, 0.4) is 0 Å². The van der Waals surface area contributed by atoms with E-state index in [1.807, 2.05) is 0 Å². The normalized spacial score (nSPS) is 17.6. The molecule has 1 aliphatic heterocycles. The van der Waals surface area contributed by atoms with Gasteiger partial charge in [-0.2, -0.15) is 0 Å². The summed E-state index contributed by atoms with van der Waals surface area (Å²) in [6.07, 6.45) is 1.94. The van der Waals surface area contributed by atoms with Gasteiger partial charge in [0.05, 0.1) is 15.7 Å². The first-order valence-electron chi connectivity index (χ1n) is 8.36. The SMILES string of the molecule is O=S(c1ccccc1F)C1CCN(CCc2ccc(F)cc2F)CC1. The molecule has 0 radical (unpaired) electrons. The summed E-state index contributed by atoms with van der Waals surface area (Å²) >= 11 is 0. The molecule has 0 amide bonds. The number of rotatable bonds is 5. The quantitative estimate of drug-likeness (QED) is 0.798. The van der Waals surface area contributed by atoms with Crippen molar-refractivity contribution in [1.29, 1.82) is 0 Å². The molecular weight excluding hydrogens is 347 g/mol. The Morgan fingerprint density at radius 3 is 2.40 bits per heavy atom. The van der Waals surface area contributed by atoms with Crippen LogP contribution in [-0.4, -0.2) is 34.0 Å². The highest BCUT2D eigenvalue weighted by atomic mass is 32.2. The maximum absolute atomic E-state index is 13.8. The molecule has 2 aromatic carbocycles. The summed E-state index contributed by atoms with van der Waals surface area (Å²) in [6.45, 7) is 2.16. The van der Waals surface area contributed by atoms with Crippen LogP contribution in [0.25, 0.3) is 0 Å². The molecule has 2 aromatic rings. The van der Waals surface area contributed by atoms with Crippen molar-refractivity contribution >= 4 is 10.8 Å². The van der Waals surface area contributed by atoms with Crippen LogP contribution in [0, 0.1) is 17.5 Å². The Bertz CT molecular complexity index is 760. The van der Waals surface area contributed by atoms with Crippen LogP contribution in [0.15, 0.2) is 47.4 Å². The molecule has 3 rings (SSSR count). The number of nitrogens with zero attached hydrogens (tertiary/aromatic N) is 1. The molecule has 0 spiro atoms. The summed E-state index contributed by atoms with van der Waals surface area (Å²) in [5.41, 5.74) is 0.499. The molecule has 0 aliphatic carbocycles. The fourth-order valence-electron chi connectivity index (χ4n) is 3.14. The van der Waals surface area contributed by atoms with Crippen LogP contribution in [0.1, 0.15) is 18.4 Å². The zero-order valence-corrected chi connectivity index (χ0v) is 14.6. The van der Waals surface area contributed by atoms with E-state index < -0.39 is 28.3 Å². The minimum Gasteiger partial charge on any atom is -0.303 e. The lowest BCUT2D eigenvalue weighted by atomic mass is 10.1. The maximum Gasteiger partial charge on any atom is 0.139 e. The van der Waals surface area contributed by atoms with Gasteiger partial charge in [0.1, 0.15) is 17.5 Å². The smallest absolute Gasteiger partial charge is 0.139 e. The van der Waals surface area contributed by atoms with E-state index in [2.05, 4.69) is 4.90 Å². The first kappa shape index (κ1) is 18.1. The van der Waals surface area contributed by atoms with Crippen LogP contribution in [0.2, 0.25) is 0 Å². The van der Waals surface area contributed by atoms with E-state index in [1.54, 1.807) is 18.2 Å². The van der Waals surface area contributed by atoms with Gasteiger partial charge >= 0.3 is 0 Å². The fourth-order valence-corrected chi connectivity index (χ4v) is 4.61. The van der Waals surface area contributed by atoms with Crippen LogP contribution in [0.4, 0.5) is 13.2 Å². The van der Waals surface area contributed by atoms with Gasteiger partial charge in [0, 0.05) is 17.9 Å². The summed E-state index contributed by atoms with van der Waals surface area (Å²) in [5.74, 6) is -1.51. The number of piperidine rings is 1. The highest BCUT2D eigenvalue weighted by Crippen LogP contribution is 2.23. The molecule has 0 saturated carbocycles. The monoisotopic (exact) mass is 367 g/mol. The van der Waals surface area contributed by atoms with Gasteiger partial charge in [0.15, 0.2) is 0 Å². The van der Waals surface area contributed by atoms with E-state index in [0.717, 1.165) is 19.2 Å². The second-order valence-electron chi connectivity index (χ2n) is 6.25. The minimum absolute atomic E-state index is 0.0595. The molecule has 1 atom stereocenters. The molecule has 1 saturated heterocycles. The molecule has 0 bridgehead atoms. The zero-order chi connectivity index (χ0) is 17.8. The third-order valence-corrected chi connectivity index (χ3v) is 6.44. The van der Waals surface area contributed by atoms with Crippen molar-refractivity contribution in [3.63, 3.8) is 0 Å².